The Balaban J connectivity index is 2.64. The molecular weight excluding hydrogens is 243 g/mol. The molecule has 106 valence electrons. The van der Waals surface area contributed by atoms with E-state index in [0.717, 1.165) is 18.4 Å². The van der Waals surface area contributed by atoms with E-state index in [4.69, 9.17) is 5.73 Å². The van der Waals surface area contributed by atoms with E-state index < -0.39 is 0 Å². The lowest BCUT2D eigenvalue weighted by atomic mass is 10.0. The highest BCUT2D eigenvalue weighted by Gasteiger charge is 2.19. The molecule has 0 fully saturated rings. The minimum atomic E-state index is -0.266. The second kappa shape index (κ2) is 7.89. The minimum absolute atomic E-state index is 0.0305. The summed E-state index contributed by atoms with van der Waals surface area (Å²) in [6, 6.07) is 6.39. The van der Waals surface area contributed by atoms with Crippen molar-refractivity contribution in [2.75, 3.05) is 13.1 Å². The predicted molar refractivity (Wildman–Crippen MR) is 74.9 cm³/mol. The van der Waals surface area contributed by atoms with E-state index in [9.17, 15) is 9.18 Å². The average molecular weight is 266 g/mol. The fourth-order valence-corrected chi connectivity index (χ4v) is 2.06. The number of nitrogens with zero attached hydrogens (tertiary/aromatic N) is 1. The number of carbonyl (C=O) groups excluding carboxylic acids is 1. The van der Waals surface area contributed by atoms with Crippen LogP contribution in [-0.4, -0.2) is 23.9 Å². The molecular formula is C15H23FN2O. The second-order valence-corrected chi connectivity index (χ2v) is 4.81. The molecule has 1 aromatic rings. The van der Waals surface area contributed by atoms with Crippen LogP contribution in [0.25, 0.3) is 0 Å². The summed E-state index contributed by atoms with van der Waals surface area (Å²) < 4.78 is 13.1. The Labute approximate surface area is 114 Å². The van der Waals surface area contributed by atoms with E-state index in [1.54, 1.807) is 11.0 Å². The molecule has 19 heavy (non-hydrogen) atoms. The molecule has 3 nitrogen and oxygen atoms in total. The number of amides is 1. The SMILES string of the molecule is CCN(Cc1cccc(F)c1)C(=O)C(C)CCCN. The van der Waals surface area contributed by atoms with Crippen LogP contribution in [0.5, 0.6) is 0 Å². The molecule has 1 aromatic carbocycles. The summed E-state index contributed by atoms with van der Waals surface area (Å²) in [7, 11) is 0. The lowest BCUT2D eigenvalue weighted by Gasteiger charge is -2.24. The van der Waals surface area contributed by atoms with Crippen molar-refractivity contribution in [2.45, 2.75) is 33.2 Å². The monoisotopic (exact) mass is 266 g/mol. The Bertz CT molecular complexity index is 409. The zero-order valence-corrected chi connectivity index (χ0v) is 11.7. The van der Waals surface area contributed by atoms with Gasteiger partial charge in [0.05, 0.1) is 0 Å². The van der Waals surface area contributed by atoms with Gasteiger partial charge in [-0.05, 0) is 44.0 Å². The third-order valence-electron chi connectivity index (χ3n) is 3.22. The fourth-order valence-electron chi connectivity index (χ4n) is 2.06. The van der Waals surface area contributed by atoms with Gasteiger partial charge in [0.15, 0.2) is 0 Å². The maximum atomic E-state index is 13.1. The quantitative estimate of drug-likeness (QED) is 0.824. The van der Waals surface area contributed by atoms with Gasteiger partial charge in [-0.15, -0.1) is 0 Å². The molecule has 2 N–H and O–H groups in total. The van der Waals surface area contributed by atoms with Crippen LogP contribution in [0.3, 0.4) is 0 Å². The minimum Gasteiger partial charge on any atom is -0.338 e. The van der Waals surface area contributed by atoms with Crippen LogP contribution in [0.2, 0.25) is 0 Å². The van der Waals surface area contributed by atoms with Crippen molar-refractivity contribution < 1.29 is 9.18 Å². The van der Waals surface area contributed by atoms with E-state index in [1.165, 1.54) is 12.1 Å². The van der Waals surface area contributed by atoms with Crippen LogP contribution in [0, 0.1) is 11.7 Å². The van der Waals surface area contributed by atoms with E-state index >= 15 is 0 Å². The first-order valence-corrected chi connectivity index (χ1v) is 6.81. The molecule has 0 spiro atoms. The number of hydrogen-bond donors (Lipinski definition) is 1. The first kappa shape index (κ1) is 15.6. The molecule has 1 rings (SSSR count). The molecule has 0 bridgehead atoms. The van der Waals surface area contributed by atoms with Crippen LogP contribution in [-0.2, 0) is 11.3 Å². The van der Waals surface area contributed by atoms with Crippen molar-refractivity contribution in [3.8, 4) is 0 Å². The maximum Gasteiger partial charge on any atom is 0.225 e. The lowest BCUT2D eigenvalue weighted by molar-refractivity contribution is -0.135. The zero-order chi connectivity index (χ0) is 14.3. The van der Waals surface area contributed by atoms with Gasteiger partial charge in [0.1, 0.15) is 5.82 Å². The maximum absolute atomic E-state index is 13.1. The molecule has 0 heterocycles. The summed E-state index contributed by atoms with van der Waals surface area (Å²) in [6.45, 7) is 5.55. The molecule has 1 atom stereocenters. The lowest BCUT2D eigenvalue weighted by Crippen LogP contribution is -2.34. The smallest absolute Gasteiger partial charge is 0.225 e. The van der Waals surface area contributed by atoms with Crippen molar-refractivity contribution in [1.29, 1.82) is 0 Å². The topological polar surface area (TPSA) is 46.3 Å². The highest BCUT2D eigenvalue weighted by atomic mass is 19.1. The van der Waals surface area contributed by atoms with Gasteiger partial charge < -0.3 is 10.6 Å². The normalized spacial score (nSPS) is 12.2. The number of benzene rings is 1. The van der Waals surface area contributed by atoms with E-state index in [0.29, 0.717) is 19.6 Å². The van der Waals surface area contributed by atoms with E-state index in [-0.39, 0.29) is 17.6 Å². The van der Waals surface area contributed by atoms with Gasteiger partial charge in [-0.1, -0.05) is 19.1 Å². The summed E-state index contributed by atoms with van der Waals surface area (Å²) in [4.78, 5) is 14.0. The number of nitrogens with two attached hydrogens (primary N) is 1. The first-order valence-electron chi connectivity index (χ1n) is 6.81. The molecule has 1 unspecified atom stereocenters. The Morgan fingerprint density at radius 1 is 1.47 bits per heavy atom. The van der Waals surface area contributed by atoms with Crippen molar-refractivity contribution in [3.05, 3.63) is 35.6 Å². The average Bonchev–Trinajstić information content (AvgIpc) is 2.41. The molecule has 0 saturated heterocycles. The Morgan fingerprint density at radius 2 is 2.21 bits per heavy atom. The highest BCUT2D eigenvalue weighted by molar-refractivity contribution is 5.78. The van der Waals surface area contributed by atoms with Crippen molar-refractivity contribution in [2.24, 2.45) is 11.7 Å². The van der Waals surface area contributed by atoms with E-state index in [1.807, 2.05) is 19.9 Å². The molecule has 0 aliphatic rings. The van der Waals surface area contributed by atoms with Gasteiger partial charge >= 0.3 is 0 Å². The number of rotatable bonds is 7. The highest BCUT2D eigenvalue weighted by Crippen LogP contribution is 2.13. The number of carbonyl (C=O) groups is 1. The van der Waals surface area contributed by atoms with Gasteiger partial charge in [-0.2, -0.15) is 0 Å². The van der Waals surface area contributed by atoms with Gasteiger partial charge in [-0.3, -0.25) is 4.79 Å². The van der Waals surface area contributed by atoms with E-state index in [2.05, 4.69) is 0 Å². The second-order valence-electron chi connectivity index (χ2n) is 4.81. The van der Waals surface area contributed by atoms with Crippen LogP contribution in [0.1, 0.15) is 32.3 Å². The summed E-state index contributed by atoms with van der Waals surface area (Å²) in [5.74, 6) is -0.186. The largest absolute Gasteiger partial charge is 0.338 e. The molecule has 0 radical (unpaired) electrons. The fraction of sp³-hybridized carbons (Fsp3) is 0.533. The Kier molecular flexibility index (Phi) is 6.50. The molecule has 0 aliphatic carbocycles. The van der Waals surface area contributed by atoms with Crippen molar-refractivity contribution >= 4 is 5.91 Å². The van der Waals surface area contributed by atoms with Crippen LogP contribution < -0.4 is 5.73 Å². The van der Waals surface area contributed by atoms with Gasteiger partial charge in [0.2, 0.25) is 5.91 Å². The summed E-state index contributed by atoms with van der Waals surface area (Å²) in [5, 5.41) is 0. The Hall–Kier alpha value is -1.42. The Morgan fingerprint density at radius 3 is 2.79 bits per heavy atom. The van der Waals surface area contributed by atoms with Crippen molar-refractivity contribution in [3.63, 3.8) is 0 Å². The molecule has 1 amide bonds. The van der Waals surface area contributed by atoms with Crippen molar-refractivity contribution in [1.82, 2.24) is 4.90 Å². The molecule has 0 aromatic heterocycles. The molecule has 0 saturated carbocycles. The number of halogens is 1. The van der Waals surface area contributed by atoms with Crippen LogP contribution in [0.4, 0.5) is 4.39 Å². The summed E-state index contributed by atoms with van der Waals surface area (Å²) in [6.07, 6.45) is 1.65. The summed E-state index contributed by atoms with van der Waals surface area (Å²) in [5.41, 5.74) is 6.28. The first-order chi connectivity index (χ1) is 9.08. The zero-order valence-electron chi connectivity index (χ0n) is 11.7. The molecule has 0 aliphatic heterocycles. The van der Waals surface area contributed by atoms with Gasteiger partial charge in [0.25, 0.3) is 0 Å². The standard InChI is InChI=1S/C15H23FN2O/c1-3-18(15(19)12(2)6-5-9-17)11-13-7-4-8-14(16)10-13/h4,7-8,10,12H,3,5-6,9,11,17H2,1-2H3. The van der Waals surface area contributed by atoms with Gasteiger partial charge in [0, 0.05) is 19.0 Å². The van der Waals surface area contributed by atoms with Gasteiger partial charge in [-0.25, -0.2) is 4.39 Å². The van der Waals surface area contributed by atoms with Crippen LogP contribution >= 0.6 is 0 Å². The number of hydrogen-bond acceptors (Lipinski definition) is 2. The third-order valence-corrected chi connectivity index (χ3v) is 3.22. The van der Waals surface area contributed by atoms with Crippen LogP contribution in [0.15, 0.2) is 24.3 Å². The predicted octanol–water partition coefficient (Wildman–Crippen LogP) is 2.55. The molecule has 4 heteroatoms. The summed E-state index contributed by atoms with van der Waals surface area (Å²) >= 11 is 0. The third kappa shape index (κ3) is 4.99.